The summed E-state index contributed by atoms with van der Waals surface area (Å²) in [5.74, 6) is -1.92. The van der Waals surface area contributed by atoms with E-state index in [1.54, 1.807) is 78.9 Å². The molecule has 0 fully saturated rings. The van der Waals surface area contributed by atoms with Gasteiger partial charge in [0.15, 0.2) is 0 Å². The molecule has 0 heterocycles. The smallest absolute Gasteiger partial charge is 0.337 e. The number of aromatic carboxylic acids is 1. The van der Waals surface area contributed by atoms with Gasteiger partial charge in [0.1, 0.15) is 11.4 Å². The minimum atomic E-state index is -1.20. The molecular formula is C34H30ClN3O6S. The molecule has 230 valence electrons. The van der Waals surface area contributed by atoms with E-state index < -0.39 is 23.0 Å². The first-order valence-electron chi connectivity index (χ1n) is 13.8. The van der Waals surface area contributed by atoms with Crippen LogP contribution in [0, 0.1) is 0 Å². The number of thioether (sulfide) groups is 1. The number of methoxy groups -OCH3 is 1. The first-order valence-corrected chi connectivity index (χ1v) is 15.1. The minimum absolute atomic E-state index is 0.0182. The predicted octanol–water partition coefficient (Wildman–Crippen LogP) is 6.97. The standard InChI is InChI=1S/C34H30ClN3O6S/c1-3-30(33(41)37-24-15-16-28(35)27(20-24)34(42)43)45-26-14-8-12-23(19-26)36-32(40)29(18-21-9-7-13-25(17-21)44-2)38-31(39)22-10-5-4-6-11-22/h4-20,30H,3H2,1-2H3,(H,36,40)(H,37,41)(H,38,39)(H,42,43)/b29-18-. The number of amides is 3. The van der Waals surface area contributed by atoms with Gasteiger partial charge in [-0.1, -0.05) is 54.9 Å². The maximum absolute atomic E-state index is 13.5. The van der Waals surface area contributed by atoms with Crippen LogP contribution in [0.15, 0.2) is 108 Å². The molecule has 45 heavy (non-hydrogen) atoms. The van der Waals surface area contributed by atoms with E-state index >= 15 is 0 Å². The lowest BCUT2D eigenvalue weighted by molar-refractivity contribution is -0.116. The number of hydrogen-bond donors (Lipinski definition) is 4. The third kappa shape index (κ3) is 9.21. The van der Waals surface area contributed by atoms with Crippen LogP contribution in [-0.4, -0.2) is 41.2 Å². The molecule has 0 aliphatic carbocycles. The van der Waals surface area contributed by atoms with E-state index in [9.17, 15) is 24.3 Å². The Hall–Kier alpha value is -5.06. The maximum atomic E-state index is 13.5. The minimum Gasteiger partial charge on any atom is -0.497 e. The predicted molar refractivity (Wildman–Crippen MR) is 177 cm³/mol. The topological polar surface area (TPSA) is 134 Å². The Kier molecular flexibility index (Phi) is 11.4. The molecule has 1 atom stereocenters. The second-order valence-corrected chi connectivity index (χ2v) is 11.3. The number of ether oxygens (including phenoxy) is 1. The van der Waals surface area contributed by atoms with Gasteiger partial charge >= 0.3 is 5.97 Å². The maximum Gasteiger partial charge on any atom is 0.337 e. The van der Waals surface area contributed by atoms with Crippen LogP contribution in [0.5, 0.6) is 5.75 Å². The Labute approximate surface area is 269 Å². The Morgan fingerprint density at radius 2 is 1.62 bits per heavy atom. The van der Waals surface area contributed by atoms with Gasteiger partial charge < -0.3 is 25.8 Å². The normalized spacial score (nSPS) is 11.7. The highest BCUT2D eigenvalue weighted by Crippen LogP contribution is 2.29. The zero-order valence-electron chi connectivity index (χ0n) is 24.4. The highest BCUT2D eigenvalue weighted by Gasteiger charge is 2.20. The van der Waals surface area contributed by atoms with E-state index in [-0.39, 0.29) is 22.2 Å². The monoisotopic (exact) mass is 643 g/mol. The summed E-state index contributed by atoms with van der Waals surface area (Å²) >= 11 is 7.23. The summed E-state index contributed by atoms with van der Waals surface area (Å²) in [5.41, 5.74) is 1.71. The van der Waals surface area contributed by atoms with Gasteiger partial charge in [-0.25, -0.2) is 4.79 Å². The highest BCUT2D eigenvalue weighted by atomic mass is 35.5. The number of carboxylic acid groups (broad SMARTS) is 1. The van der Waals surface area contributed by atoms with Crippen LogP contribution < -0.4 is 20.7 Å². The number of carboxylic acids is 1. The Morgan fingerprint density at radius 1 is 0.889 bits per heavy atom. The fourth-order valence-electron chi connectivity index (χ4n) is 4.16. The second-order valence-electron chi connectivity index (χ2n) is 9.64. The van der Waals surface area contributed by atoms with Gasteiger partial charge in [-0.05, 0) is 78.7 Å². The Morgan fingerprint density at radius 3 is 2.33 bits per heavy atom. The van der Waals surface area contributed by atoms with Crippen LogP contribution in [0.25, 0.3) is 6.08 Å². The molecule has 4 aromatic carbocycles. The Balaban J connectivity index is 1.51. The van der Waals surface area contributed by atoms with Crippen molar-refractivity contribution >= 4 is 64.5 Å². The van der Waals surface area contributed by atoms with E-state index in [0.29, 0.717) is 39.6 Å². The van der Waals surface area contributed by atoms with Gasteiger partial charge in [0.05, 0.1) is 22.9 Å². The lowest BCUT2D eigenvalue weighted by Gasteiger charge is -2.16. The summed E-state index contributed by atoms with van der Waals surface area (Å²) in [4.78, 5) is 51.6. The van der Waals surface area contributed by atoms with Crippen molar-refractivity contribution in [2.45, 2.75) is 23.5 Å². The van der Waals surface area contributed by atoms with E-state index in [4.69, 9.17) is 16.3 Å². The van der Waals surface area contributed by atoms with Crippen LogP contribution in [0.4, 0.5) is 11.4 Å². The average molecular weight is 644 g/mol. The zero-order chi connectivity index (χ0) is 32.3. The summed E-state index contributed by atoms with van der Waals surface area (Å²) in [6.45, 7) is 1.86. The van der Waals surface area contributed by atoms with Crippen LogP contribution >= 0.6 is 23.4 Å². The first-order chi connectivity index (χ1) is 21.7. The van der Waals surface area contributed by atoms with Gasteiger partial charge in [0.25, 0.3) is 11.8 Å². The molecule has 4 aromatic rings. The highest BCUT2D eigenvalue weighted by molar-refractivity contribution is 8.00. The fraction of sp³-hybridized carbons (Fsp3) is 0.118. The molecule has 11 heteroatoms. The van der Waals surface area contributed by atoms with E-state index in [2.05, 4.69) is 16.0 Å². The van der Waals surface area contributed by atoms with Crippen molar-refractivity contribution < 1.29 is 29.0 Å². The molecule has 0 bridgehead atoms. The summed E-state index contributed by atoms with van der Waals surface area (Å²) in [5, 5.41) is 17.2. The number of benzene rings is 4. The molecule has 4 N–H and O–H groups in total. The van der Waals surface area contributed by atoms with Crippen LogP contribution in [-0.2, 0) is 9.59 Å². The van der Waals surface area contributed by atoms with Gasteiger partial charge in [-0.2, -0.15) is 0 Å². The number of rotatable bonds is 12. The van der Waals surface area contributed by atoms with Crippen molar-refractivity contribution in [3.05, 3.63) is 124 Å². The molecule has 0 aliphatic rings. The average Bonchev–Trinajstić information content (AvgIpc) is 3.04. The molecule has 4 rings (SSSR count). The third-order valence-corrected chi connectivity index (χ3v) is 8.12. The number of halogens is 1. The summed E-state index contributed by atoms with van der Waals surface area (Å²) in [6.07, 6.45) is 2.03. The second kappa shape index (κ2) is 15.6. The molecule has 0 aromatic heterocycles. The van der Waals surface area contributed by atoms with Crippen molar-refractivity contribution in [1.82, 2.24) is 5.32 Å². The number of hydrogen-bond acceptors (Lipinski definition) is 6. The van der Waals surface area contributed by atoms with E-state index in [1.807, 2.05) is 13.0 Å². The lowest BCUT2D eigenvalue weighted by Crippen LogP contribution is -2.30. The van der Waals surface area contributed by atoms with Crippen LogP contribution in [0.2, 0.25) is 5.02 Å². The first kappa shape index (κ1) is 32.8. The molecule has 0 aliphatic heterocycles. The van der Waals surface area contributed by atoms with Gasteiger partial charge in [0.2, 0.25) is 5.91 Å². The molecule has 0 saturated carbocycles. The van der Waals surface area contributed by atoms with E-state index in [1.165, 1.54) is 37.1 Å². The van der Waals surface area contributed by atoms with Crippen molar-refractivity contribution in [2.24, 2.45) is 0 Å². The van der Waals surface area contributed by atoms with Crippen molar-refractivity contribution in [3.63, 3.8) is 0 Å². The SMILES string of the molecule is CCC(Sc1cccc(NC(=O)/C(=C/c2cccc(OC)c2)NC(=O)c2ccccc2)c1)C(=O)Nc1ccc(Cl)c(C(=O)O)c1. The van der Waals surface area contributed by atoms with Gasteiger partial charge in [-0.3, -0.25) is 14.4 Å². The van der Waals surface area contributed by atoms with Gasteiger partial charge in [0, 0.05) is 21.8 Å². The van der Waals surface area contributed by atoms with E-state index in [0.717, 1.165) is 0 Å². The number of carbonyl (C=O) groups is 4. The molecule has 0 radical (unpaired) electrons. The number of anilines is 2. The summed E-state index contributed by atoms with van der Waals surface area (Å²) in [7, 11) is 1.54. The Bertz CT molecular complexity index is 1750. The number of carbonyl (C=O) groups excluding carboxylic acids is 3. The summed E-state index contributed by atoms with van der Waals surface area (Å²) in [6, 6.07) is 26.9. The molecule has 9 nitrogen and oxygen atoms in total. The zero-order valence-corrected chi connectivity index (χ0v) is 25.9. The largest absolute Gasteiger partial charge is 0.497 e. The molecule has 0 saturated heterocycles. The summed E-state index contributed by atoms with van der Waals surface area (Å²) < 4.78 is 5.29. The fourth-order valence-corrected chi connectivity index (χ4v) is 5.37. The van der Waals surface area contributed by atoms with Crippen molar-refractivity contribution in [3.8, 4) is 5.75 Å². The van der Waals surface area contributed by atoms with Gasteiger partial charge in [-0.15, -0.1) is 11.8 Å². The van der Waals surface area contributed by atoms with Crippen molar-refractivity contribution in [1.29, 1.82) is 0 Å². The lowest BCUT2D eigenvalue weighted by atomic mass is 10.1. The number of nitrogens with one attached hydrogen (secondary N) is 3. The molecule has 0 spiro atoms. The van der Waals surface area contributed by atoms with Crippen LogP contribution in [0.1, 0.15) is 39.6 Å². The van der Waals surface area contributed by atoms with Crippen molar-refractivity contribution in [2.75, 3.05) is 17.7 Å². The molecular weight excluding hydrogens is 614 g/mol. The molecule has 1 unspecified atom stereocenters. The molecule has 3 amide bonds. The quantitative estimate of drug-likeness (QED) is 0.0968. The van der Waals surface area contributed by atoms with Crippen LogP contribution in [0.3, 0.4) is 0 Å². The third-order valence-electron chi connectivity index (χ3n) is 6.43.